The van der Waals surface area contributed by atoms with Gasteiger partial charge in [0.05, 0.1) is 27.4 Å². The van der Waals surface area contributed by atoms with Crippen LogP contribution in [0.15, 0.2) is 58.5 Å². The van der Waals surface area contributed by atoms with Crippen molar-refractivity contribution in [3.63, 3.8) is 0 Å². The summed E-state index contributed by atoms with van der Waals surface area (Å²) in [5, 5.41) is 21.3. The fraction of sp³-hybridized carbons (Fsp3) is 0.125. The number of amidine groups is 1. The van der Waals surface area contributed by atoms with Crippen LogP contribution in [0.3, 0.4) is 0 Å². The minimum absolute atomic E-state index is 0.00803. The second-order valence-electron chi connectivity index (χ2n) is 5.17. The lowest BCUT2D eigenvalue weighted by Crippen LogP contribution is -2.22. The van der Waals surface area contributed by atoms with Crippen LogP contribution in [0.4, 0.5) is 22.7 Å². The number of benzene rings is 2. The molecule has 0 aliphatic rings. The van der Waals surface area contributed by atoms with Crippen LogP contribution in [0.2, 0.25) is 0 Å². The minimum Gasteiger partial charge on any atom is -0.361 e. The van der Waals surface area contributed by atoms with E-state index < -0.39 is 9.85 Å². The third kappa shape index (κ3) is 4.93. The molecule has 0 N–H and O–H groups in total. The number of hydrogen-bond donors (Lipinski definition) is 0. The molecule has 0 unspecified atom stereocenters. The predicted molar refractivity (Wildman–Crippen MR) is 95.1 cm³/mol. The molecule has 9 nitrogen and oxygen atoms in total. The Balaban J connectivity index is 2.22. The Kier molecular flexibility index (Phi) is 5.51. The van der Waals surface area contributed by atoms with Crippen molar-refractivity contribution in [1.82, 2.24) is 4.90 Å². The summed E-state index contributed by atoms with van der Waals surface area (Å²) >= 11 is 0. The molecule has 25 heavy (non-hydrogen) atoms. The Morgan fingerprint density at radius 1 is 0.880 bits per heavy atom. The summed E-state index contributed by atoms with van der Waals surface area (Å²) in [5.74, 6) is 0.521. The van der Waals surface area contributed by atoms with Gasteiger partial charge in [-0.25, -0.2) is 4.99 Å². The molecule has 0 atom stereocenters. The zero-order chi connectivity index (χ0) is 18.4. The molecular formula is C16H15N5O4. The number of rotatable bonds is 5. The molecule has 0 fully saturated rings. The minimum atomic E-state index is -0.477. The molecule has 0 aromatic heterocycles. The Morgan fingerprint density at radius 3 is 1.72 bits per heavy atom. The van der Waals surface area contributed by atoms with E-state index >= 15 is 0 Å². The number of aliphatic imine (C=N–C) groups is 2. The molecule has 0 bridgehead atoms. The van der Waals surface area contributed by atoms with E-state index in [0.717, 1.165) is 0 Å². The lowest BCUT2D eigenvalue weighted by atomic mass is 10.3. The van der Waals surface area contributed by atoms with E-state index in [2.05, 4.69) is 9.98 Å². The molecule has 2 rings (SSSR count). The number of hydrogen-bond acceptors (Lipinski definition) is 6. The van der Waals surface area contributed by atoms with Gasteiger partial charge in [0.1, 0.15) is 5.84 Å². The van der Waals surface area contributed by atoms with Crippen molar-refractivity contribution in [3.8, 4) is 0 Å². The highest BCUT2D eigenvalue weighted by molar-refractivity contribution is 6.30. The molecule has 2 aromatic carbocycles. The quantitative estimate of drug-likeness (QED) is 0.357. The van der Waals surface area contributed by atoms with Gasteiger partial charge in [-0.3, -0.25) is 25.2 Å². The first-order valence-electron chi connectivity index (χ1n) is 7.16. The van der Waals surface area contributed by atoms with Crippen molar-refractivity contribution in [1.29, 1.82) is 0 Å². The van der Waals surface area contributed by atoms with Gasteiger partial charge in [0.25, 0.3) is 11.4 Å². The summed E-state index contributed by atoms with van der Waals surface area (Å²) in [7, 11) is 3.57. The van der Waals surface area contributed by atoms with E-state index in [9.17, 15) is 20.2 Å². The summed E-state index contributed by atoms with van der Waals surface area (Å²) in [6.45, 7) is 0. The van der Waals surface area contributed by atoms with Gasteiger partial charge in [-0.15, -0.1) is 0 Å². The van der Waals surface area contributed by atoms with E-state index in [1.165, 1.54) is 42.6 Å². The van der Waals surface area contributed by atoms with Crippen LogP contribution in [0.5, 0.6) is 0 Å². The topological polar surface area (TPSA) is 114 Å². The fourth-order valence-electron chi connectivity index (χ4n) is 1.82. The third-order valence-electron chi connectivity index (χ3n) is 3.15. The van der Waals surface area contributed by atoms with Crippen molar-refractivity contribution in [3.05, 3.63) is 68.8 Å². The zero-order valence-corrected chi connectivity index (χ0v) is 13.6. The summed E-state index contributed by atoms with van der Waals surface area (Å²) in [4.78, 5) is 30.7. The predicted octanol–water partition coefficient (Wildman–Crippen LogP) is 3.50. The molecule has 0 heterocycles. The van der Waals surface area contributed by atoms with Crippen molar-refractivity contribution in [2.24, 2.45) is 9.98 Å². The highest BCUT2D eigenvalue weighted by Gasteiger charge is 2.06. The van der Waals surface area contributed by atoms with Crippen LogP contribution < -0.4 is 0 Å². The third-order valence-corrected chi connectivity index (χ3v) is 3.15. The zero-order valence-electron chi connectivity index (χ0n) is 13.6. The van der Waals surface area contributed by atoms with Crippen LogP contribution in [-0.2, 0) is 0 Å². The second kappa shape index (κ2) is 7.77. The van der Waals surface area contributed by atoms with Gasteiger partial charge in [0.2, 0.25) is 0 Å². The molecule has 0 aliphatic carbocycles. The van der Waals surface area contributed by atoms with Gasteiger partial charge < -0.3 is 4.90 Å². The molecule has 0 saturated carbocycles. The van der Waals surface area contributed by atoms with Crippen LogP contribution in [0.25, 0.3) is 0 Å². The van der Waals surface area contributed by atoms with Crippen LogP contribution in [0.1, 0.15) is 0 Å². The van der Waals surface area contributed by atoms with E-state index in [4.69, 9.17) is 0 Å². The smallest absolute Gasteiger partial charge is 0.269 e. The SMILES string of the molecule is CN(C)C(C=Nc1ccc([N+](=O)[O-])cc1)=Nc1ccc([N+](=O)[O-])cc1. The Bertz CT molecular complexity index is 827. The maximum Gasteiger partial charge on any atom is 0.269 e. The van der Waals surface area contributed by atoms with Crippen molar-refractivity contribution < 1.29 is 9.85 Å². The summed E-state index contributed by atoms with van der Waals surface area (Å²) in [5.41, 5.74) is 1.07. The monoisotopic (exact) mass is 341 g/mol. The number of nitro benzene ring substituents is 2. The molecule has 128 valence electrons. The Labute approximate surface area is 143 Å². The second-order valence-corrected chi connectivity index (χ2v) is 5.17. The first-order valence-corrected chi connectivity index (χ1v) is 7.16. The largest absolute Gasteiger partial charge is 0.361 e. The van der Waals surface area contributed by atoms with Crippen molar-refractivity contribution >= 4 is 34.8 Å². The highest BCUT2D eigenvalue weighted by Crippen LogP contribution is 2.19. The molecule has 2 aromatic rings. The van der Waals surface area contributed by atoms with Crippen LogP contribution in [0, 0.1) is 20.2 Å². The Morgan fingerprint density at radius 2 is 1.32 bits per heavy atom. The maximum atomic E-state index is 10.7. The van der Waals surface area contributed by atoms with Gasteiger partial charge >= 0.3 is 0 Å². The van der Waals surface area contributed by atoms with Crippen molar-refractivity contribution in [2.45, 2.75) is 0 Å². The maximum absolute atomic E-state index is 10.7. The molecule has 0 radical (unpaired) electrons. The summed E-state index contributed by atoms with van der Waals surface area (Å²) < 4.78 is 0. The van der Waals surface area contributed by atoms with Crippen LogP contribution in [-0.4, -0.2) is 40.9 Å². The first-order chi connectivity index (χ1) is 11.9. The first kappa shape index (κ1) is 17.7. The van der Waals surface area contributed by atoms with E-state index in [1.54, 1.807) is 31.1 Å². The lowest BCUT2D eigenvalue weighted by molar-refractivity contribution is -0.385. The van der Waals surface area contributed by atoms with E-state index in [0.29, 0.717) is 17.2 Å². The van der Waals surface area contributed by atoms with Gasteiger partial charge in [-0.2, -0.15) is 0 Å². The summed E-state index contributed by atoms with van der Waals surface area (Å²) in [6, 6.07) is 11.6. The van der Waals surface area contributed by atoms with Gasteiger partial charge in [-0.05, 0) is 24.3 Å². The number of non-ortho nitro benzene ring substituents is 2. The number of nitrogens with zero attached hydrogens (tertiary/aromatic N) is 5. The molecule has 0 spiro atoms. The van der Waals surface area contributed by atoms with Gasteiger partial charge in [-0.1, -0.05) is 0 Å². The number of nitro groups is 2. The van der Waals surface area contributed by atoms with Gasteiger partial charge in [0.15, 0.2) is 0 Å². The molecular weight excluding hydrogens is 326 g/mol. The lowest BCUT2D eigenvalue weighted by Gasteiger charge is -2.11. The molecule has 0 amide bonds. The molecule has 0 aliphatic heterocycles. The van der Waals surface area contributed by atoms with Crippen LogP contribution >= 0.6 is 0 Å². The average molecular weight is 341 g/mol. The van der Waals surface area contributed by atoms with E-state index in [1.807, 2.05) is 0 Å². The van der Waals surface area contributed by atoms with E-state index in [-0.39, 0.29) is 11.4 Å². The fourth-order valence-corrected chi connectivity index (χ4v) is 1.82. The summed E-state index contributed by atoms with van der Waals surface area (Å²) in [6.07, 6.45) is 1.52. The average Bonchev–Trinajstić information content (AvgIpc) is 2.59. The molecule has 9 heteroatoms. The van der Waals surface area contributed by atoms with Crippen molar-refractivity contribution in [2.75, 3.05) is 14.1 Å². The normalized spacial score (nSPS) is 11.5. The standard InChI is InChI=1S/C16H15N5O4/c1-19(2)16(18-13-5-9-15(10-6-13)21(24)25)11-17-12-3-7-14(8-4-12)20(22)23/h3-11H,1-2H3. The van der Waals surface area contributed by atoms with Gasteiger partial charge in [0, 0.05) is 38.4 Å². The highest BCUT2D eigenvalue weighted by atomic mass is 16.6. The Hall–Kier alpha value is -3.62. The molecule has 0 saturated heterocycles.